The van der Waals surface area contributed by atoms with E-state index in [1.54, 1.807) is 0 Å². The third-order valence-electron chi connectivity index (χ3n) is 4.84. The molecule has 6 nitrogen and oxygen atoms in total. The van der Waals surface area contributed by atoms with Gasteiger partial charge in [-0.3, -0.25) is 4.79 Å². The van der Waals surface area contributed by atoms with Crippen molar-refractivity contribution in [3.8, 4) is 0 Å². The van der Waals surface area contributed by atoms with Crippen LogP contribution in [0.5, 0.6) is 0 Å². The van der Waals surface area contributed by atoms with Crippen LogP contribution in [0.25, 0.3) is 0 Å². The SMILES string of the molecule is Cc1nc(C)n(CC2CCCN(C(=O)C(N)Cc3ccccc3)C2)n1. The summed E-state index contributed by atoms with van der Waals surface area (Å²) in [5, 5.41) is 4.44. The summed E-state index contributed by atoms with van der Waals surface area (Å²) < 4.78 is 1.96. The zero-order chi connectivity index (χ0) is 17.8. The molecule has 2 atom stereocenters. The van der Waals surface area contributed by atoms with Gasteiger partial charge in [-0.1, -0.05) is 30.3 Å². The fourth-order valence-electron chi connectivity index (χ4n) is 3.58. The fraction of sp³-hybridized carbons (Fsp3) is 0.526. The molecule has 1 aromatic carbocycles. The Balaban J connectivity index is 1.58. The van der Waals surface area contributed by atoms with E-state index in [0.29, 0.717) is 12.3 Å². The van der Waals surface area contributed by atoms with Gasteiger partial charge in [0.2, 0.25) is 5.91 Å². The van der Waals surface area contributed by atoms with Gasteiger partial charge < -0.3 is 10.6 Å². The van der Waals surface area contributed by atoms with Crippen molar-refractivity contribution in [1.29, 1.82) is 0 Å². The second kappa shape index (κ2) is 7.78. The van der Waals surface area contributed by atoms with Crippen molar-refractivity contribution in [2.45, 2.75) is 45.7 Å². The second-order valence-electron chi connectivity index (χ2n) is 6.98. The van der Waals surface area contributed by atoms with E-state index in [-0.39, 0.29) is 5.91 Å². The molecule has 2 unspecified atom stereocenters. The largest absolute Gasteiger partial charge is 0.341 e. The van der Waals surface area contributed by atoms with Crippen LogP contribution in [0.15, 0.2) is 30.3 Å². The van der Waals surface area contributed by atoms with E-state index in [0.717, 1.165) is 49.7 Å². The first-order chi connectivity index (χ1) is 12.0. The van der Waals surface area contributed by atoms with Crippen LogP contribution >= 0.6 is 0 Å². The maximum Gasteiger partial charge on any atom is 0.239 e. The number of carbonyl (C=O) groups excluding carboxylic acids is 1. The molecule has 0 bridgehead atoms. The van der Waals surface area contributed by atoms with Crippen LogP contribution in [0, 0.1) is 19.8 Å². The van der Waals surface area contributed by atoms with E-state index in [1.807, 2.05) is 53.8 Å². The van der Waals surface area contributed by atoms with E-state index >= 15 is 0 Å². The predicted molar refractivity (Wildman–Crippen MR) is 96.9 cm³/mol. The number of hydrogen-bond donors (Lipinski definition) is 1. The van der Waals surface area contributed by atoms with Gasteiger partial charge in [0.15, 0.2) is 0 Å². The molecule has 0 spiro atoms. The Bertz CT molecular complexity index is 712. The highest BCUT2D eigenvalue weighted by Crippen LogP contribution is 2.19. The molecule has 0 saturated carbocycles. The summed E-state index contributed by atoms with van der Waals surface area (Å²) >= 11 is 0. The Morgan fingerprint density at radius 2 is 2.08 bits per heavy atom. The van der Waals surface area contributed by atoms with Crippen molar-refractivity contribution in [2.75, 3.05) is 13.1 Å². The lowest BCUT2D eigenvalue weighted by atomic mass is 9.96. The number of amides is 1. The Morgan fingerprint density at radius 1 is 1.32 bits per heavy atom. The van der Waals surface area contributed by atoms with Crippen LogP contribution < -0.4 is 5.73 Å². The molecule has 1 fully saturated rings. The monoisotopic (exact) mass is 341 g/mol. The number of benzene rings is 1. The lowest BCUT2D eigenvalue weighted by molar-refractivity contribution is -0.134. The molecule has 0 aliphatic carbocycles. The van der Waals surface area contributed by atoms with E-state index in [1.165, 1.54) is 0 Å². The molecule has 2 N–H and O–H groups in total. The summed E-state index contributed by atoms with van der Waals surface area (Å²) in [4.78, 5) is 19.0. The highest BCUT2D eigenvalue weighted by atomic mass is 16.2. The average Bonchev–Trinajstić information content (AvgIpc) is 2.92. The number of likely N-dealkylation sites (tertiary alicyclic amines) is 1. The zero-order valence-corrected chi connectivity index (χ0v) is 15.1. The van der Waals surface area contributed by atoms with Gasteiger partial charge in [-0.2, -0.15) is 5.10 Å². The van der Waals surface area contributed by atoms with Gasteiger partial charge in [-0.25, -0.2) is 9.67 Å². The summed E-state index contributed by atoms with van der Waals surface area (Å²) in [5.74, 6) is 2.19. The highest BCUT2D eigenvalue weighted by Gasteiger charge is 2.27. The standard InChI is InChI=1S/C19H27N5O/c1-14-21-15(2)24(22-14)13-17-9-6-10-23(12-17)19(25)18(20)11-16-7-4-3-5-8-16/h3-5,7-8,17-18H,6,9-13,20H2,1-2H3. The van der Waals surface area contributed by atoms with E-state index < -0.39 is 6.04 Å². The van der Waals surface area contributed by atoms with Gasteiger partial charge in [-0.15, -0.1) is 0 Å². The first-order valence-electron chi connectivity index (χ1n) is 8.99. The summed E-state index contributed by atoms with van der Waals surface area (Å²) in [6.45, 7) is 6.24. The molecule has 1 aliphatic heterocycles. The predicted octanol–water partition coefficient (Wildman–Crippen LogP) is 1.70. The molecule has 1 saturated heterocycles. The molecule has 1 aromatic heterocycles. The highest BCUT2D eigenvalue weighted by molar-refractivity contribution is 5.82. The molecule has 3 rings (SSSR count). The lowest BCUT2D eigenvalue weighted by Gasteiger charge is -2.34. The molecule has 1 amide bonds. The maximum atomic E-state index is 12.7. The van der Waals surface area contributed by atoms with Gasteiger partial charge in [0.1, 0.15) is 11.6 Å². The van der Waals surface area contributed by atoms with Crippen molar-refractivity contribution in [1.82, 2.24) is 19.7 Å². The molecule has 0 radical (unpaired) electrons. The minimum absolute atomic E-state index is 0.0556. The number of hydrogen-bond acceptors (Lipinski definition) is 4. The van der Waals surface area contributed by atoms with E-state index in [2.05, 4.69) is 10.1 Å². The molecule has 2 aromatic rings. The third-order valence-corrected chi connectivity index (χ3v) is 4.84. The Hall–Kier alpha value is -2.21. The van der Waals surface area contributed by atoms with Crippen molar-refractivity contribution in [3.63, 3.8) is 0 Å². The second-order valence-corrected chi connectivity index (χ2v) is 6.98. The minimum Gasteiger partial charge on any atom is -0.341 e. The van der Waals surface area contributed by atoms with E-state index in [9.17, 15) is 4.79 Å². The Kier molecular flexibility index (Phi) is 5.48. The van der Waals surface area contributed by atoms with Gasteiger partial charge in [-0.05, 0) is 44.6 Å². The minimum atomic E-state index is -0.475. The molecule has 2 heterocycles. The number of nitrogens with zero attached hydrogens (tertiary/aromatic N) is 4. The number of aryl methyl sites for hydroxylation is 2. The fourth-order valence-corrected chi connectivity index (χ4v) is 3.58. The third kappa shape index (κ3) is 4.45. The Labute approximate surface area is 149 Å². The maximum absolute atomic E-state index is 12.7. The van der Waals surface area contributed by atoms with Crippen LogP contribution in [0.2, 0.25) is 0 Å². The van der Waals surface area contributed by atoms with Crippen molar-refractivity contribution in [2.24, 2.45) is 11.7 Å². The first kappa shape index (κ1) is 17.6. The molecule has 25 heavy (non-hydrogen) atoms. The lowest BCUT2D eigenvalue weighted by Crippen LogP contribution is -2.49. The van der Waals surface area contributed by atoms with Gasteiger partial charge in [0.05, 0.1) is 6.04 Å². The quantitative estimate of drug-likeness (QED) is 0.898. The number of nitrogens with two attached hydrogens (primary N) is 1. The molecular formula is C19H27N5O. The van der Waals surface area contributed by atoms with Gasteiger partial charge in [0, 0.05) is 19.6 Å². The van der Waals surface area contributed by atoms with Crippen molar-refractivity contribution >= 4 is 5.91 Å². The van der Waals surface area contributed by atoms with Crippen LogP contribution in [0.4, 0.5) is 0 Å². The zero-order valence-electron chi connectivity index (χ0n) is 15.1. The Morgan fingerprint density at radius 3 is 2.76 bits per heavy atom. The summed E-state index contributed by atoms with van der Waals surface area (Å²) in [7, 11) is 0. The van der Waals surface area contributed by atoms with Gasteiger partial charge >= 0.3 is 0 Å². The molecular weight excluding hydrogens is 314 g/mol. The van der Waals surface area contributed by atoms with Crippen LogP contribution in [0.1, 0.15) is 30.1 Å². The molecule has 1 aliphatic rings. The number of rotatable bonds is 5. The van der Waals surface area contributed by atoms with Crippen LogP contribution in [-0.4, -0.2) is 44.7 Å². The topological polar surface area (TPSA) is 77.0 Å². The van der Waals surface area contributed by atoms with Crippen LogP contribution in [0.3, 0.4) is 0 Å². The molecule has 134 valence electrons. The smallest absolute Gasteiger partial charge is 0.239 e. The number of carbonyl (C=O) groups is 1. The average molecular weight is 341 g/mol. The normalized spacial score (nSPS) is 19.0. The number of piperidine rings is 1. The summed E-state index contributed by atoms with van der Waals surface area (Å²) in [5.41, 5.74) is 7.29. The summed E-state index contributed by atoms with van der Waals surface area (Å²) in [6, 6.07) is 9.48. The molecule has 6 heteroatoms. The van der Waals surface area contributed by atoms with Crippen LogP contribution in [-0.2, 0) is 17.8 Å². The summed E-state index contributed by atoms with van der Waals surface area (Å²) in [6.07, 6.45) is 2.71. The van der Waals surface area contributed by atoms with Gasteiger partial charge in [0.25, 0.3) is 0 Å². The van der Waals surface area contributed by atoms with Crippen molar-refractivity contribution in [3.05, 3.63) is 47.5 Å². The number of aromatic nitrogens is 3. The first-order valence-corrected chi connectivity index (χ1v) is 8.99. The van der Waals surface area contributed by atoms with Crippen molar-refractivity contribution < 1.29 is 4.79 Å². The van der Waals surface area contributed by atoms with E-state index in [4.69, 9.17) is 5.73 Å².